The van der Waals surface area contributed by atoms with Crippen LogP contribution in [0.3, 0.4) is 0 Å². The van der Waals surface area contributed by atoms with Crippen molar-refractivity contribution in [2.24, 2.45) is 5.11 Å². The Hall–Kier alpha value is -2.68. The molecule has 0 bridgehead atoms. The molecule has 0 unspecified atom stereocenters. The Morgan fingerprint density at radius 1 is 0.639 bits per heavy atom. The summed E-state index contributed by atoms with van der Waals surface area (Å²) in [7, 11) is 0. The first kappa shape index (κ1) is 27.9. The van der Waals surface area contributed by atoms with Crippen molar-refractivity contribution in [2.45, 2.75) is 52.4 Å². The van der Waals surface area contributed by atoms with E-state index in [9.17, 15) is 5.21 Å². The molecule has 0 aromatic heterocycles. The lowest BCUT2D eigenvalue weighted by atomic mass is 9.86. The highest BCUT2D eigenvalue weighted by molar-refractivity contribution is 5.55. The van der Waals surface area contributed by atoms with Gasteiger partial charge in [-0.2, -0.15) is 0 Å². The van der Waals surface area contributed by atoms with Crippen LogP contribution in [0.25, 0.3) is 0 Å². The first-order valence-electron chi connectivity index (χ1n) is 12.5. The van der Waals surface area contributed by atoms with E-state index in [1.807, 2.05) is 36.4 Å². The molecule has 36 heavy (non-hydrogen) atoms. The molecule has 1 aliphatic heterocycles. The molecule has 0 aliphatic carbocycles. The fourth-order valence-corrected chi connectivity index (χ4v) is 3.55. The molecule has 8 heteroatoms. The Labute approximate surface area is 214 Å². The zero-order valence-electron chi connectivity index (χ0n) is 22.5. The Morgan fingerprint density at radius 2 is 1.08 bits per heavy atom. The van der Waals surface area contributed by atoms with E-state index < -0.39 is 0 Å². The van der Waals surface area contributed by atoms with E-state index in [0.29, 0.717) is 80.6 Å². The van der Waals surface area contributed by atoms with Crippen LogP contribution in [-0.4, -0.2) is 57.7 Å². The summed E-state index contributed by atoms with van der Waals surface area (Å²) >= 11 is 0. The van der Waals surface area contributed by atoms with E-state index in [1.54, 1.807) is 0 Å². The number of rotatable bonds is 0. The van der Waals surface area contributed by atoms with Gasteiger partial charge in [-0.25, -0.2) is 0 Å². The van der Waals surface area contributed by atoms with Crippen LogP contribution in [0.4, 0.5) is 11.4 Å². The SMILES string of the molecule is CC(C)(C)c1ccc2c(c1)N=[N+]([O-])c1cc(C(C)(C)C)ccc1OCCOCCOCCOCCO2. The number of ether oxygens (including phenoxy) is 5. The summed E-state index contributed by atoms with van der Waals surface area (Å²) in [5, 5.41) is 17.9. The molecule has 0 fully saturated rings. The highest BCUT2D eigenvalue weighted by atomic mass is 16.6. The minimum atomic E-state index is -0.149. The lowest BCUT2D eigenvalue weighted by Crippen LogP contribution is -2.14. The zero-order valence-corrected chi connectivity index (χ0v) is 22.5. The maximum absolute atomic E-state index is 13.5. The molecule has 0 N–H and O–H groups in total. The lowest BCUT2D eigenvalue weighted by molar-refractivity contribution is -0.436. The number of fused-ring (bicyclic) bond motifs is 2. The molecule has 1 aliphatic rings. The maximum Gasteiger partial charge on any atom is 0.286 e. The van der Waals surface area contributed by atoms with E-state index in [2.05, 4.69) is 46.7 Å². The number of azo groups is 1. The Bertz CT molecular complexity index is 1020. The van der Waals surface area contributed by atoms with Crippen molar-refractivity contribution in [3.8, 4) is 11.5 Å². The maximum atomic E-state index is 13.5. The largest absolute Gasteiger partial charge is 0.594 e. The molecule has 0 saturated heterocycles. The molecule has 8 nitrogen and oxygen atoms in total. The van der Waals surface area contributed by atoms with Gasteiger partial charge in [0.2, 0.25) is 0 Å². The summed E-state index contributed by atoms with van der Waals surface area (Å²) in [5.74, 6) is 0.965. The molecule has 0 saturated carbocycles. The van der Waals surface area contributed by atoms with E-state index in [0.717, 1.165) is 11.1 Å². The van der Waals surface area contributed by atoms with Crippen molar-refractivity contribution in [3.63, 3.8) is 0 Å². The van der Waals surface area contributed by atoms with Gasteiger partial charge in [0.05, 0.1) is 39.6 Å². The molecule has 0 atom stereocenters. The van der Waals surface area contributed by atoms with Crippen LogP contribution in [0.5, 0.6) is 11.5 Å². The molecule has 0 spiro atoms. The molecule has 2 aromatic rings. The standard InChI is InChI=1S/C28H40N2O6/c1-27(2,3)21-7-9-25-23(19-21)29-30(31)24-20-22(28(4,5)6)8-10-26(24)36-18-16-34-14-12-32-11-13-33-15-17-35-25/h7-10,19-20H,11-18H2,1-6H3. The van der Waals surface area contributed by atoms with Gasteiger partial charge in [0.25, 0.3) is 5.69 Å². The fourth-order valence-electron chi connectivity index (χ4n) is 3.55. The second-order valence-corrected chi connectivity index (χ2v) is 10.8. The van der Waals surface area contributed by atoms with Gasteiger partial charge in [0.15, 0.2) is 17.2 Å². The second-order valence-electron chi connectivity index (χ2n) is 10.8. The molecule has 0 radical (unpaired) electrons. The van der Waals surface area contributed by atoms with E-state index in [4.69, 9.17) is 23.7 Å². The molecule has 1 heterocycles. The monoisotopic (exact) mass is 500 g/mol. The van der Waals surface area contributed by atoms with Crippen molar-refractivity contribution in [3.05, 3.63) is 52.7 Å². The highest BCUT2D eigenvalue weighted by Gasteiger charge is 2.23. The summed E-state index contributed by atoms with van der Waals surface area (Å²) in [5.41, 5.74) is 2.57. The van der Waals surface area contributed by atoms with Crippen LogP contribution in [0.15, 0.2) is 41.5 Å². The Balaban J connectivity index is 2.02. The molecule has 198 valence electrons. The van der Waals surface area contributed by atoms with E-state index in [1.165, 1.54) is 0 Å². The highest BCUT2D eigenvalue weighted by Crippen LogP contribution is 2.37. The van der Waals surface area contributed by atoms with Gasteiger partial charge < -0.3 is 28.9 Å². The van der Waals surface area contributed by atoms with E-state index in [-0.39, 0.29) is 10.8 Å². The minimum absolute atomic E-state index is 0.119. The molecule has 0 amide bonds. The predicted octanol–water partition coefficient (Wildman–Crippen LogP) is 6.03. The van der Waals surface area contributed by atoms with Crippen molar-refractivity contribution in [1.82, 2.24) is 0 Å². The predicted molar refractivity (Wildman–Crippen MR) is 139 cm³/mol. The third kappa shape index (κ3) is 8.18. The first-order chi connectivity index (χ1) is 17.1. The van der Waals surface area contributed by atoms with Crippen molar-refractivity contribution >= 4 is 11.4 Å². The van der Waals surface area contributed by atoms with Crippen LogP contribution >= 0.6 is 0 Å². The lowest BCUT2D eigenvalue weighted by Gasteiger charge is -2.21. The van der Waals surface area contributed by atoms with Crippen LogP contribution < -0.4 is 9.47 Å². The zero-order chi connectivity index (χ0) is 26.2. The summed E-state index contributed by atoms with van der Waals surface area (Å²) in [6.45, 7) is 15.9. The van der Waals surface area contributed by atoms with Crippen molar-refractivity contribution in [1.29, 1.82) is 0 Å². The summed E-state index contributed by atoms with van der Waals surface area (Å²) in [6, 6.07) is 11.4. The number of nitrogens with zero attached hydrogens (tertiary/aromatic N) is 2. The molecular weight excluding hydrogens is 460 g/mol. The smallest absolute Gasteiger partial charge is 0.286 e. The van der Waals surface area contributed by atoms with Gasteiger partial charge in [0.1, 0.15) is 13.2 Å². The van der Waals surface area contributed by atoms with Gasteiger partial charge in [0, 0.05) is 11.2 Å². The normalized spacial score (nSPS) is 17.2. The van der Waals surface area contributed by atoms with Crippen molar-refractivity contribution in [2.75, 3.05) is 52.9 Å². The summed E-state index contributed by atoms with van der Waals surface area (Å²) < 4.78 is 28.6. The number of hydrogen-bond donors (Lipinski definition) is 0. The van der Waals surface area contributed by atoms with Gasteiger partial charge in [-0.1, -0.05) is 53.7 Å². The Kier molecular flexibility index (Phi) is 9.70. The fraction of sp³-hybridized carbons (Fsp3) is 0.571. The molecule has 2 aromatic carbocycles. The van der Waals surface area contributed by atoms with Crippen LogP contribution in [0, 0.1) is 5.21 Å². The second kappa shape index (κ2) is 12.5. The van der Waals surface area contributed by atoms with Gasteiger partial charge in [-0.15, -0.1) is 0 Å². The topological polar surface area (TPSA) is 84.6 Å². The quantitative estimate of drug-likeness (QED) is 0.324. The van der Waals surface area contributed by atoms with Crippen LogP contribution in [0.2, 0.25) is 0 Å². The third-order valence-electron chi connectivity index (χ3n) is 5.77. The van der Waals surface area contributed by atoms with E-state index >= 15 is 0 Å². The summed E-state index contributed by atoms with van der Waals surface area (Å²) in [4.78, 5) is 0.624. The number of benzene rings is 2. The van der Waals surface area contributed by atoms with Gasteiger partial charge in [-0.05, 0) is 45.0 Å². The summed E-state index contributed by atoms with van der Waals surface area (Å²) in [6.07, 6.45) is 0. The van der Waals surface area contributed by atoms with Crippen LogP contribution in [-0.2, 0) is 25.0 Å². The molecule has 3 rings (SSSR count). The number of hydrogen-bond acceptors (Lipinski definition) is 7. The van der Waals surface area contributed by atoms with Crippen molar-refractivity contribution < 1.29 is 28.5 Å². The average Bonchev–Trinajstić information content (AvgIpc) is 2.81. The van der Waals surface area contributed by atoms with Crippen LogP contribution in [0.1, 0.15) is 52.7 Å². The molecular formula is C28H40N2O6. The first-order valence-corrected chi connectivity index (χ1v) is 12.5. The third-order valence-corrected chi connectivity index (χ3v) is 5.77. The van der Waals surface area contributed by atoms with Gasteiger partial charge >= 0.3 is 0 Å². The van der Waals surface area contributed by atoms with Gasteiger partial charge in [-0.3, -0.25) is 0 Å². The average molecular weight is 501 g/mol. The Morgan fingerprint density at radius 3 is 1.61 bits per heavy atom. The minimum Gasteiger partial charge on any atom is -0.594 e.